The molecule has 0 spiro atoms. The van der Waals surface area contributed by atoms with Crippen LogP contribution in [-0.2, 0) is 12.5 Å². The van der Waals surface area contributed by atoms with Crippen LogP contribution in [0.5, 0.6) is 23.0 Å². The number of aromatic hydroxyl groups is 4. The molecule has 10 heteroatoms. The van der Waals surface area contributed by atoms with E-state index in [4.69, 9.17) is 27.1 Å². The molecule has 34 heavy (non-hydrogen) atoms. The van der Waals surface area contributed by atoms with Crippen molar-refractivity contribution < 1.29 is 24.6 Å². The minimum atomic E-state index is 0.0221. The molecule has 4 aromatic carbocycles. The van der Waals surface area contributed by atoms with Crippen LogP contribution >= 0.6 is 0 Å². The van der Waals surface area contributed by atoms with E-state index in [1.165, 1.54) is 0 Å². The highest BCUT2D eigenvalue weighted by Crippen LogP contribution is 2.32. The fourth-order valence-corrected chi connectivity index (χ4v) is 2.89. The number of hydrogen-bond acceptors (Lipinski definition) is 10. The average molecular weight is 481 g/mol. The van der Waals surface area contributed by atoms with Crippen molar-refractivity contribution in [3.63, 3.8) is 0 Å². The highest BCUT2D eigenvalue weighted by atomic mass is 32.1. The number of phenolic OH excluding ortho intramolecular Hbond substituents is 4. The van der Waals surface area contributed by atoms with Gasteiger partial charge in [-0.05, 0) is 70.8 Å². The third-order valence-corrected chi connectivity index (χ3v) is 4.79. The Labute approximate surface area is 201 Å². The van der Waals surface area contributed by atoms with Gasteiger partial charge < -0.3 is 43.4 Å². The molecular weight excluding hydrogens is 456 g/mol. The highest BCUT2D eigenvalue weighted by molar-refractivity contribution is 7.44. The fourth-order valence-electron chi connectivity index (χ4n) is 2.89. The van der Waals surface area contributed by atoms with E-state index in [9.17, 15) is 20.4 Å². The SMILES string of the molecule is Nc1ccc(-c2ccc(N)c(O)c2)cc1O.Nc1ccc(-c2ccc(N)c(O)c2)cc1O.O=S. The van der Waals surface area contributed by atoms with Crippen molar-refractivity contribution >= 4 is 35.3 Å². The van der Waals surface area contributed by atoms with Crippen molar-refractivity contribution in [1.82, 2.24) is 0 Å². The van der Waals surface area contributed by atoms with Gasteiger partial charge in [0.1, 0.15) is 23.0 Å². The van der Waals surface area contributed by atoms with E-state index >= 15 is 0 Å². The predicted octanol–water partition coefficient (Wildman–Crippen LogP) is 3.52. The van der Waals surface area contributed by atoms with Crippen molar-refractivity contribution in [2.45, 2.75) is 0 Å². The predicted molar refractivity (Wildman–Crippen MR) is 136 cm³/mol. The molecule has 12 N–H and O–H groups in total. The lowest BCUT2D eigenvalue weighted by atomic mass is 10.0. The van der Waals surface area contributed by atoms with Gasteiger partial charge in [0.15, 0.2) is 12.5 Å². The van der Waals surface area contributed by atoms with Crippen LogP contribution in [0.15, 0.2) is 72.8 Å². The number of anilines is 4. The van der Waals surface area contributed by atoms with Gasteiger partial charge in [-0.1, -0.05) is 24.3 Å². The van der Waals surface area contributed by atoms with Gasteiger partial charge in [-0.2, -0.15) is 4.21 Å². The van der Waals surface area contributed by atoms with Crippen LogP contribution in [0.2, 0.25) is 0 Å². The quantitative estimate of drug-likeness (QED) is 0.155. The third-order valence-electron chi connectivity index (χ3n) is 4.79. The van der Waals surface area contributed by atoms with Gasteiger partial charge in [0.2, 0.25) is 0 Å². The first kappa shape index (κ1) is 25.6. The van der Waals surface area contributed by atoms with Crippen LogP contribution in [0, 0.1) is 0 Å². The first-order valence-corrected chi connectivity index (χ1v) is 10.0. The summed E-state index contributed by atoms with van der Waals surface area (Å²) < 4.78 is 7.83. The van der Waals surface area contributed by atoms with E-state index in [2.05, 4.69) is 12.5 Å². The number of nitrogens with two attached hydrogens (primary N) is 4. The molecule has 0 atom stereocenters. The first-order chi connectivity index (χ1) is 16.2. The summed E-state index contributed by atoms with van der Waals surface area (Å²) in [6, 6.07) is 19.7. The smallest absolute Gasteiger partial charge is 0.197 e. The summed E-state index contributed by atoms with van der Waals surface area (Å²) in [4.78, 5) is 0. The highest BCUT2D eigenvalue weighted by Gasteiger charge is 2.05. The van der Waals surface area contributed by atoms with Gasteiger partial charge in [-0.3, -0.25) is 0 Å². The van der Waals surface area contributed by atoms with E-state index in [0.717, 1.165) is 22.3 Å². The zero-order valence-corrected chi connectivity index (χ0v) is 18.7. The van der Waals surface area contributed by atoms with Gasteiger partial charge in [0, 0.05) is 0 Å². The standard InChI is InChI=1S/2C12H12N2O2.OS/c2*13-9-3-1-7(5-11(9)15)8-2-4-10(14)12(16)6-8;1-2/h2*1-6,15-16H,13-14H2;. The molecule has 0 bridgehead atoms. The topological polar surface area (TPSA) is 202 Å². The van der Waals surface area contributed by atoms with Crippen molar-refractivity contribution in [1.29, 1.82) is 0 Å². The zero-order valence-electron chi connectivity index (χ0n) is 17.8. The lowest BCUT2D eigenvalue weighted by Gasteiger charge is -2.06. The van der Waals surface area contributed by atoms with Gasteiger partial charge in [0.25, 0.3) is 0 Å². The molecule has 0 heterocycles. The number of hydrogen-bond donors (Lipinski definition) is 8. The van der Waals surface area contributed by atoms with Crippen molar-refractivity contribution in [3.8, 4) is 45.3 Å². The molecule has 0 aliphatic heterocycles. The molecule has 0 aliphatic carbocycles. The molecule has 0 fully saturated rings. The molecule has 0 saturated heterocycles. The van der Waals surface area contributed by atoms with Crippen LogP contribution in [-0.4, -0.2) is 24.6 Å². The largest absolute Gasteiger partial charge is 0.506 e. The van der Waals surface area contributed by atoms with Crippen molar-refractivity contribution in [2.75, 3.05) is 22.9 Å². The molecule has 0 unspecified atom stereocenters. The summed E-state index contributed by atoms with van der Waals surface area (Å²) in [6.07, 6.45) is 0. The summed E-state index contributed by atoms with van der Waals surface area (Å²) in [5, 5.41) is 37.9. The van der Waals surface area contributed by atoms with E-state index in [1.807, 2.05) is 0 Å². The first-order valence-electron chi connectivity index (χ1n) is 9.67. The minimum absolute atomic E-state index is 0.0221. The van der Waals surface area contributed by atoms with Crippen LogP contribution in [0.1, 0.15) is 0 Å². The summed E-state index contributed by atoms with van der Waals surface area (Å²) in [5.41, 5.74) is 26.4. The molecular formula is C24H24N4O5S. The second-order valence-electron chi connectivity index (χ2n) is 7.09. The monoisotopic (exact) mass is 480 g/mol. The van der Waals surface area contributed by atoms with Crippen LogP contribution < -0.4 is 22.9 Å². The maximum absolute atomic E-state index is 9.47. The Kier molecular flexibility index (Phi) is 8.46. The molecule has 9 nitrogen and oxygen atoms in total. The fraction of sp³-hybridized carbons (Fsp3) is 0. The van der Waals surface area contributed by atoms with Crippen LogP contribution in [0.3, 0.4) is 0 Å². The Balaban J connectivity index is 0.000000224. The Hall–Kier alpha value is -4.70. The Morgan fingerprint density at radius 3 is 0.735 bits per heavy atom. The van der Waals surface area contributed by atoms with E-state index in [-0.39, 0.29) is 23.0 Å². The lowest BCUT2D eigenvalue weighted by Crippen LogP contribution is -1.88. The van der Waals surface area contributed by atoms with Crippen molar-refractivity contribution in [2.24, 2.45) is 0 Å². The molecule has 0 radical (unpaired) electrons. The summed E-state index contributed by atoms with van der Waals surface area (Å²) in [7, 11) is 0. The average Bonchev–Trinajstić information content (AvgIpc) is 2.83. The van der Waals surface area contributed by atoms with Gasteiger partial charge in [0.05, 0.1) is 22.7 Å². The Morgan fingerprint density at radius 2 is 0.588 bits per heavy atom. The number of rotatable bonds is 2. The molecule has 176 valence electrons. The molecule has 4 aromatic rings. The van der Waals surface area contributed by atoms with Gasteiger partial charge in [-0.15, -0.1) is 0 Å². The normalized spacial score (nSPS) is 9.76. The lowest BCUT2D eigenvalue weighted by molar-refractivity contribution is 0.477. The van der Waals surface area contributed by atoms with Gasteiger partial charge >= 0.3 is 0 Å². The van der Waals surface area contributed by atoms with Gasteiger partial charge in [-0.25, -0.2) is 0 Å². The van der Waals surface area contributed by atoms with E-state index in [0.29, 0.717) is 22.7 Å². The Morgan fingerprint density at radius 1 is 0.412 bits per heavy atom. The summed E-state index contributed by atoms with van der Waals surface area (Å²) in [5.74, 6) is 0.0882. The van der Waals surface area contributed by atoms with Crippen molar-refractivity contribution in [3.05, 3.63) is 72.8 Å². The maximum atomic E-state index is 9.47. The van der Waals surface area contributed by atoms with E-state index in [1.54, 1.807) is 72.8 Å². The molecule has 0 saturated carbocycles. The summed E-state index contributed by atoms with van der Waals surface area (Å²) in [6.45, 7) is 0. The maximum Gasteiger partial charge on any atom is 0.197 e. The molecule has 4 rings (SSSR count). The number of nitrogen functional groups attached to an aromatic ring is 4. The second kappa shape index (κ2) is 11.2. The number of benzene rings is 4. The molecule has 0 amide bonds. The van der Waals surface area contributed by atoms with Crippen LogP contribution in [0.4, 0.5) is 22.7 Å². The molecule has 0 aliphatic rings. The van der Waals surface area contributed by atoms with E-state index < -0.39 is 0 Å². The minimum Gasteiger partial charge on any atom is -0.506 e. The summed E-state index contributed by atoms with van der Waals surface area (Å²) >= 11 is 2.83. The second-order valence-corrected chi connectivity index (χ2v) is 7.09. The number of phenols is 4. The zero-order chi connectivity index (χ0) is 25.4. The third kappa shape index (κ3) is 6.17. The Bertz CT molecular complexity index is 1100. The van der Waals surface area contributed by atoms with Crippen LogP contribution in [0.25, 0.3) is 22.3 Å². The molecule has 0 aromatic heterocycles.